The van der Waals surface area contributed by atoms with Crippen molar-refractivity contribution in [3.8, 4) is 0 Å². The van der Waals surface area contributed by atoms with Gasteiger partial charge in [-0.05, 0) is 48.6 Å². The molecule has 0 N–H and O–H groups in total. The predicted octanol–water partition coefficient (Wildman–Crippen LogP) is 2.64. The Morgan fingerprint density at radius 1 is 1.31 bits per heavy atom. The van der Waals surface area contributed by atoms with E-state index in [1.54, 1.807) is 24.0 Å². The Morgan fingerprint density at radius 2 is 2.12 bits per heavy atom. The molecular weight excluding hydrogens is 350 g/mol. The molecule has 26 heavy (non-hydrogen) atoms. The minimum absolute atomic E-state index is 0.00276. The van der Waals surface area contributed by atoms with Gasteiger partial charge >= 0.3 is 0 Å². The first kappa shape index (κ1) is 16.7. The Labute approximate surface area is 153 Å². The third-order valence-corrected chi connectivity index (χ3v) is 5.54. The van der Waals surface area contributed by atoms with Crippen molar-refractivity contribution in [2.45, 2.75) is 32.9 Å². The van der Waals surface area contributed by atoms with E-state index in [0.717, 1.165) is 17.7 Å². The number of anilines is 1. The van der Waals surface area contributed by atoms with Crippen molar-refractivity contribution in [1.82, 2.24) is 9.55 Å². The third kappa shape index (κ3) is 2.64. The van der Waals surface area contributed by atoms with E-state index in [1.807, 2.05) is 24.4 Å². The molecule has 6 nitrogen and oxygen atoms in total. The third-order valence-electron chi connectivity index (χ3n) is 4.72. The first-order valence-corrected chi connectivity index (χ1v) is 9.22. The zero-order valence-electron chi connectivity index (χ0n) is 14.4. The van der Waals surface area contributed by atoms with Gasteiger partial charge in [0.2, 0.25) is 5.91 Å². The lowest BCUT2D eigenvalue weighted by Gasteiger charge is -2.20. The zero-order chi connectivity index (χ0) is 18.4. The van der Waals surface area contributed by atoms with Crippen LogP contribution in [0.1, 0.15) is 29.8 Å². The molecule has 0 radical (unpaired) electrons. The SMILES string of the molecule is CC(=O)N1c2ccc(C(=O)Cn3cnc4sccc4c3=O)cc2CC1C. The largest absolute Gasteiger partial charge is 0.309 e. The number of Topliss-reactive ketones (excluding diaryl/α,β-unsaturated/α-hetero) is 1. The number of thiophene rings is 1. The van der Waals surface area contributed by atoms with E-state index >= 15 is 0 Å². The first-order valence-electron chi connectivity index (χ1n) is 8.34. The number of rotatable bonds is 3. The molecule has 1 aromatic carbocycles. The summed E-state index contributed by atoms with van der Waals surface area (Å²) in [4.78, 5) is 43.6. The molecule has 0 saturated heterocycles. The molecule has 0 aliphatic carbocycles. The van der Waals surface area contributed by atoms with Crippen LogP contribution in [0.4, 0.5) is 5.69 Å². The quantitative estimate of drug-likeness (QED) is 0.667. The maximum atomic E-state index is 12.7. The highest BCUT2D eigenvalue weighted by Gasteiger charge is 2.29. The number of aromatic nitrogens is 2. The minimum atomic E-state index is -0.206. The number of carbonyl (C=O) groups is 2. The van der Waals surface area contributed by atoms with Crippen LogP contribution >= 0.6 is 11.3 Å². The van der Waals surface area contributed by atoms with E-state index in [0.29, 0.717) is 15.8 Å². The second-order valence-corrected chi connectivity index (χ2v) is 7.42. The van der Waals surface area contributed by atoms with E-state index in [9.17, 15) is 14.4 Å². The van der Waals surface area contributed by atoms with Gasteiger partial charge < -0.3 is 4.90 Å². The second-order valence-electron chi connectivity index (χ2n) is 6.53. The number of hydrogen-bond acceptors (Lipinski definition) is 5. The van der Waals surface area contributed by atoms with Crippen molar-refractivity contribution in [3.05, 3.63) is 57.5 Å². The van der Waals surface area contributed by atoms with Crippen molar-refractivity contribution < 1.29 is 9.59 Å². The van der Waals surface area contributed by atoms with Gasteiger partial charge in [-0.3, -0.25) is 19.0 Å². The van der Waals surface area contributed by atoms with E-state index in [4.69, 9.17) is 0 Å². The molecule has 132 valence electrons. The number of benzene rings is 1. The molecule has 1 aliphatic rings. The Hall–Kier alpha value is -2.80. The highest BCUT2D eigenvalue weighted by molar-refractivity contribution is 7.16. The van der Waals surface area contributed by atoms with E-state index in [1.165, 1.54) is 22.2 Å². The van der Waals surface area contributed by atoms with Crippen LogP contribution in [-0.4, -0.2) is 27.3 Å². The summed E-state index contributed by atoms with van der Waals surface area (Å²) in [5.41, 5.74) is 2.18. The molecule has 3 aromatic rings. The molecule has 3 heterocycles. The monoisotopic (exact) mass is 367 g/mol. The molecule has 1 amide bonds. The van der Waals surface area contributed by atoms with E-state index < -0.39 is 0 Å². The topological polar surface area (TPSA) is 72.3 Å². The number of amides is 1. The van der Waals surface area contributed by atoms with Crippen LogP contribution < -0.4 is 10.5 Å². The fraction of sp³-hybridized carbons (Fsp3) is 0.263. The number of fused-ring (bicyclic) bond motifs is 2. The van der Waals surface area contributed by atoms with Crippen LogP contribution in [-0.2, 0) is 17.8 Å². The van der Waals surface area contributed by atoms with Crippen molar-refractivity contribution in [2.75, 3.05) is 4.90 Å². The predicted molar refractivity (Wildman–Crippen MR) is 101 cm³/mol. The van der Waals surface area contributed by atoms with Crippen molar-refractivity contribution in [2.24, 2.45) is 0 Å². The summed E-state index contributed by atoms with van der Waals surface area (Å²) in [6, 6.07) is 7.18. The summed E-state index contributed by atoms with van der Waals surface area (Å²) >= 11 is 1.40. The van der Waals surface area contributed by atoms with Crippen molar-refractivity contribution >= 4 is 38.9 Å². The van der Waals surface area contributed by atoms with Crippen molar-refractivity contribution in [3.63, 3.8) is 0 Å². The van der Waals surface area contributed by atoms with Crippen LogP contribution in [0.5, 0.6) is 0 Å². The lowest BCUT2D eigenvalue weighted by Crippen LogP contribution is -2.33. The molecule has 0 fully saturated rings. The lowest BCUT2D eigenvalue weighted by molar-refractivity contribution is -0.116. The molecule has 0 saturated carbocycles. The van der Waals surface area contributed by atoms with E-state index in [2.05, 4.69) is 4.98 Å². The van der Waals surface area contributed by atoms with Gasteiger partial charge in [-0.15, -0.1) is 11.3 Å². The first-order chi connectivity index (χ1) is 12.5. The van der Waals surface area contributed by atoms with Gasteiger partial charge in [-0.2, -0.15) is 0 Å². The van der Waals surface area contributed by atoms with Gasteiger partial charge in [0.1, 0.15) is 4.83 Å². The number of carbonyl (C=O) groups excluding carboxylic acids is 2. The smallest absolute Gasteiger partial charge is 0.262 e. The molecule has 1 unspecified atom stereocenters. The average molecular weight is 367 g/mol. The summed E-state index contributed by atoms with van der Waals surface area (Å²) < 4.78 is 1.34. The summed E-state index contributed by atoms with van der Waals surface area (Å²) in [6.45, 7) is 3.48. The van der Waals surface area contributed by atoms with Gasteiger partial charge in [-0.25, -0.2) is 4.98 Å². The standard InChI is InChI=1S/C19H17N3O3S/c1-11-7-14-8-13(3-4-16(14)22(11)12(2)23)17(24)9-21-10-20-18-15(19(21)25)5-6-26-18/h3-6,8,10-11H,7,9H2,1-2H3. The molecule has 0 bridgehead atoms. The fourth-order valence-corrected chi connectivity index (χ4v) is 4.26. The summed E-state index contributed by atoms with van der Waals surface area (Å²) in [7, 11) is 0. The Balaban J connectivity index is 1.63. The van der Waals surface area contributed by atoms with Gasteiger partial charge in [-0.1, -0.05) is 0 Å². The van der Waals surface area contributed by atoms with Crippen LogP contribution in [0.15, 0.2) is 40.8 Å². The van der Waals surface area contributed by atoms with E-state index in [-0.39, 0.29) is 29.8 Å². The molecule has 1 atom stereocenters. The Morgan fingerprint density at radius 3 is 2.88 bits per heavy atom. The van der Waals surface area contributed by atoms with Gasteiger partial charge in [0.15, 0.2) is 5.78 Å². The molecule has 0 spiro atoms. The van der Waals surface area contributed by atoms with Gasteiger partial charge in [0.05, 0.1) is 18.3 Å². The minimum Gasteiger partial charge on any atom is -0.309 e. The molecular formula is C19H17N3O3S. The van der Waals surface area contributed by atoms with Crippen LogP contribution in [0, 0.1) is 0 Å². The lowest BCUT2D eigenvalue weighted by atomic mass is 10.0. The Bertz CT molecular complexity index is 1100. The van der Waals surface area contributed by atoms with Crippen LogP contribution in [0.2, 0.25) is 0 Å². The normalized spacial score (nSPS) is 16.1. The zero-order valence-corrected chi connectivity index (χ0v) is 15.2. The molecule has 2 aromatic heterocycles. The molecule has 4 rings (SSSR count). The number of ketones is 1. The van der Waals surface area contributed by atoms with Crippen LogP contribution in [0.25, 0.3) is 10.2 Å². The second kappa shape index (κ2) is 6.17. The summed E-state index contributed by atoms with van der Waals surface area (Å²) in [6.07, 6.45) is 2.14. The Kier molecular flexibility index (Phi) is 3.96. The maximum Gasteiger partial charge on any atom is 0.262 e. The van der Waals surface area contributed by atoms with Gasteiger partial charge in [0, 0.05) is 24.2 Å². The molecule has 1 aliphatic heterocycles. The average Bonchev–Trinajstić information content (AvgIpc) is 3.20. The maximum absolute atomic E-state index is 12.7. The summed E-state index contributed by atoms with van der Waals surface area (Å²) in [5, 5.41) is 2.35. The molecule has 7 heteroatoms. The summed E-state index contributed by atoms with van der Waals surface area (Å²) in [5.74, 6) is -0.155. The highest BCUT2D eigenvalue weighted by atomic mass is 32.1. The number of hydrogen-bond donors (Lipinski definition) is 0. The van der Waals surface area contributed by atoms with Crippen molar-refractivity contribution in [1.29, 1.82) is 0 Å². The highest BCUT2D eigenvalue weighted by Crippen LogP contribution is 2.33. The fourth-order valence-electron chi connectivity index (χ4n) is 3.54. The number of nitrogens with zero attached hydrogens (tertiary/aromatic N) is 3. The van der Waals surface area contributed by atoms with Gasteiger partial charge in [0.25, 0.3) is 5.56 Å². The van der Waals surface area contributed by atoms with Crippen LogP contribution in [0.3, 0.4) is 0 Å².